The lowest BCUT2D eigenvalue weighted by Gasteiger charge is -2.37. The number of cyclic esters (lactones) is 1. The van der Waals surface area contributed by atoms with E-state index in [1.165, 1.54) is 11.1 Å². The van der Waals surface area contributed by atoms with Gasteiger partial charge in [-0.3, -0.25) is 4.79 Å². The first-order chi connectivity index (χ1) is 10.5. The smallest absolute Gasteiger partial charge is 0.309 e. The Hall–Kier alpha value is -1.31. The lowest BCUT2D eigenvalue weighted by atomic mass is 9.72. The minimum Gasteiger partial charge on any atom is -0.465 e. The molecule has 0 N–H and O–H groups in total. The molecule has 2 aliphatic rings. The van der Waals surface area contributed by atoms with Gasteiger partial charge in [-0.1, -0.05) is 49.8 Å². The Bertz CT molecular complexity index is 470. The van der Waals surface area contributed by atoms with Crippen LogP contribution < -0.4 is 0 Å². The van der Waals surface area contributed by atoms with Crippen molar-refractivity contribution in [3.63, 3.8) is 0 Å². The van der Waals surface area contributed by atoms with Crippen LogP contribution in [0.15, 0.2) is 36.0 Å². The topological polar surface area (TPSA) is 26.3 Å². The molecule has 1 saturated heterocycles. The van der Waals surface area contributed by atoms with E-state index in [9.17, 15) is 4.79 Å². The van der Waals surface area contributed by atoms with Gasteiger partial charge < -0.3 is 4.74 Å². The van der Waals surface area contributed by atoms with Crippen molar-refractivity contribution in [2.24, 2.45) is 23.7 Å². The molecule has 2 rings (SSSR count). The quantitative estimate of drug-likeness (QED) is 0.537. The average molecular weight is 302 g/mol. The maximum absolute atomic E-state index is 12.3. The van der Waals surface area contributed by atoms with E-state index >= 15 is 0 Å². The first kappa shape index (κ1) is 17.1. The molecule has 0 aromatic heterocycles. The second kappa shape index (κ2) is 7.80. The van der Waals surface area contributed by atoms with Crippen molar-refractivity contribution in [2.75, 3.05) is 6.61 Å². The maximum Gasteiger partial charge on any atom is 0.309 e. The molecule has 2 nitrogen and oxygen atoms in total. The minimum absolute atomic E-state index is 0.00333. The van der Waals surface area contributed by atoms with Crippen LogP contribution in [-0.2, 0) is 9.53 Å². The van der Waals surface area contributed by atoms with E-state index in [2.05, 4.69) is 45.6 Å². The summed E-state index contributed by atoms with van der Waals surface area (Å²) in [4.78, 5) is 12.3. The van der Waals surface area contributed by atoms with Gasteiger partial charge in [-0.05, 0) is 50.9 Å². The molecule has 0 unspecified atom stereocenters. The lowest BCUT2D eigenvalue weighted by molar-refractivity contribution is -0.160. The standard InChI is InChI=1S/C20H30O2/c1-14(2)7-5-10-18-17-12-11-15(3)8-6-9-16(4)19(17)13-22-20(18)21/h5,7-8,14,17-19H,4,6,9-13H2,1-3H3/b7-5+,15-8+/t17-,18+,19+/m1/s1. The third-order valence-electron chi connectivity index (χ3n) is 5.01. The van der Waals surface area contributed by atoms with Crippen LogP contribution in [0.5, 0.6) is 0 Å². The lowest BCUT2D eigenvalue weighted by Crippen LogP contribution is -2.40. The van der Waals surface area contributed by atoms with Gasteiger partial charge in [-0.25, -0.2) is 0 Å². The maximum atomic E-state index is 12.3. The highest BCUT2D eigenvalue weighted by Crippen LogP contribution is 2.40. The summed E-state index contributed by atoms with van der Waals surface area (Å²) in [5, 5.41) is 0. The van der Waals surface area contributed by atoms with Crippen molar-refractivity contribution < 1.29 is 9.53 Å². The Balaban J connectivity index is 2.17. The van der Waals surface area contributed by atoms with E-state index in [0.29, 0.717) is 24.4 Å². The van der Waals surface area contributed by atoms with Crippen LogP contribution in [0.2, 0.25) is 0 Å². The van der Waals surface area contributed by atoms with E-state index < -0.39 is 0 Å². The van der Waals surface area contributed by atoms with Gasteiger partial charge in [-0.15, -0.1) is 0 Å². The van der Waals surface area contributed by atoms with Crippen LogP contribution in [0.4, 0.5) is 0 Å². The zero-order valence-corrected chi connectivity index (χ0v) is 14.3. The number of carbonyl (C=O) groups excluding carboxylic acids is 1. The Morgan fingerprint density at radius 3 is 2.91 bits per heavy atom. The van der Waals surface area contributed by atoms with Crippen molar-refractivity contribution in [2.45, 2.75) is 52.9 Å². The molecule has 22 heavy (non-hydrogen) atoms. The van der Waals surface area contributed by atoms with Gasteiger partial charge in [0.15, 0.2) is 0 Å². The number of carbonyl (C=O) groups is 1. The van der Waals surface area contributed by atoms with Crippen LogP contribution in [0.1, 0.15) is 52.9 Å². The highest BCUT2D eigenvalue weighted by Gasteiger charge is 2.40. The predicted molar refractivity (Wildman–Crippen MR) is 91.4 cm³/mol. The highest BCUT2D eigenvalue weighted by atomic mass is 16.5. The Kier molecular flexibility index (Phi) is 6.05. The van der Waals surface area contributed by atoms with E-state index in [0.717, 1.165) is 32.1 Å². The Labute approximate surface area is 135 Å². The van der Waals surface area contributed by atoms with Crippen molar-refractivity contribution in [1.82, 2.24) is 0 Å². The number of hydrogen-bond acceptors (Lipinski definition) is 2. The molecular weight excluding hydrogens is 272 g/mol. The molecule has 1 aliphatic carbocycles. The van der Waals surface area contributed by atoms with Crippen LogP contribution in [0.25, 0.3) is 0 Å². The Morgan fingerprint density at radius 1 is 1.41 bits per heavy atom. The zero-order chi connectivity index (χ0) is 16.1. The molecule has 0 bridgehead atoms. The minimum atomic E-state index is -0.0108. The second-order valence-corrected chi connectivity index (χ2v) is 7.20. The van der Waals surface area contributed by atoms with Gasteiger partial charge in [0.05, 0.1) is 12.5 Å². The molecule has 0 spiro atoms. The fourth-order valence-corrected chi connectivity index (χ4v) is 3.63. The normalized spacial score (nSPS) is 32.7. The summed E-state index contributed by atoms with van der Waals surface area (Å²) in [5.41, 5.74) is 2.71. The SMILES string of the molecule is C=C1CC/C=C(\C)CC[C@@H]2[C@H](C/C=C/C(C)C)C(=O)OC[C@@H]12. The van der Waals surface area contributed by atoms with E-state index in [1.54, 1.807) is 0 Å². The fourth-order valence-electron chi connectivity index (χ4n) is 3.63. The van der Waals surface area contributed by atoms with Crippen LogP contribution in [-0.4, -0.2) is 12.6 Å². The predicted octanol–water partition coefficient (Wildman–Crippen LogP) is 5.07. The largest absolute Gasteiger partial charge is 0.465 e. The van der Waals surface area contributed by atoms with Gasteiger partial charge in [0.2, 0.25) is 0 Å². The molecule has 0 aromatic carbocycles. The number of hydrogen-bond donors (Lipinski definition) is 0. The summed E-state index contributed by atoms with van der Waals surface area (Å²) in [5.74, 6) is 1.23. The number of ether oxygens (including phenoxy) is 1. The summed E-state index contributed by atoms with van der Waals surface area (Å²) in [7, 11) is 0. The molecule has 2 heteroatoms. The molecule has 0 radical (unpaired) electrons. The van der Waals surface area contributed by atoms with Crippen molar-refractivity contribution >= 4 is 5.97 Å². The van der Waals surface area contributed by atoms with E-state index in [-0.39, 0.29) is 11.9 Å². The first-order valence-electron chi connectivity index (χ1n) is 8.65. The number of rotatable bonds is 3. The zero-order valence-electron chi connectivity index (χ0n) is 14.3. The molecule has 1 fully saturated rings. The third-order valence-corrected chi connectivity index (χ3v) is 5.01. The molecular formula is C20H30O2. The highest BCUT2D eigenvalue weighted by molar-refractivity contribution is 5.74. The van der Waals surface area contributed by atoms with Gasteiger partial charge >= 0.3 is 5.97 Å². The average Bonchev–Trinajstić information content (AvgIpc) is 2.52. The molecule has 3 atom stereocenters. The molecule has 1 heterocycles. The molecule has 1 aliphatic heterocycles. The summed E-state index contributed by atoms with van der Waals surface area (Å²) in [6, 6.07) is 0. The number of allylic oxidation sites excluding steroid dienone is 4. The Morgan fingerprint density at radius 2 is 2.18 bits per heavy atom. The van der Waals surface area contributed by atoms with Crippen LogP contribution in [0, 0.1) is 23.7 Å². The van der Waals surface area contributed by atoms with Gasteiger partial charge in [0.1, 0.15) is 0 Å². The summed E-state index contributed by atoms with van der Waals surface area (Å²) in [6.07, 6.45) is 11.7. The van der Waals surface area contributed by atoms with Crippen molar-refractivity contribution in [3.8, 4) is 0 Å². The van der Waals surface area contributed by atoms with Gasteiger partial charge in [-0.2, -0.15) is 0 Å². The molecule has 0 amide bonds. The van der Waals surface area contributed by atoms with Crippen LogP contribution in [0.3, 0.4) is 0 Å². The summed E-state index contributed by atoms with van der Waals surface area (Å²) >= 11 is 0. The number of fused-ring (bicyclic) bond motifs is 1. The van der Waals surface area contributed by atoms with Gasteiger partial charge in [0.25, 0.3) is 0 Å². The van der Waals surface area contributed by atoms with E-state index in [1.807, 2.05) is 0 Å². The second-order valence-electron chi connectivity index (χ2n) is 7.20. The van der Waals surface area contributed by atoms with Gasteiger partial charge in [0, 0.05) is 5.92 Å². The monoisotopic (exact) mass is 302 g/mol. The summed E-state index contributed by atoms with van der Waals surface area (Å²) in [6.45, 7) is 11.4. The van der Waals surface area contributed by atoms with Crippen LogP contribution >= 0.6 is 0 Å². The molecule has 122 valence electrons. The molecule has 0 saturated carbocycles. The van der Waals surface area contributed by atoms with Crippen molar-refractivity contribution in [3.05, 3.63) is 36.0 Å². The third kappa shape index (κ3) is 4.34. The molecule has 0 aromatic rings. The van der Waals surface area contributed by atoms with E-state index in [4.69, 9.17) is 4.74 Å². The summed E-state index contributed by atoms with van der Waals surface area (Å²) < 4.78 is 5.50. The first-order valence-corrected chi connectivity index (χ1v) is 8.65. The van der Waals surface area contributed by atoms with Crippen molar-refractivity contribution in [1.29, 1.82) is 0 Å². The number of esters is 1. The fraction of sp³-hybridized carbons (Fsp3) is 0.650.